The fourth-order valence-corrected chi connectivity index (χ4v) is 3.75. The number of hydrogen-bond donors (Lipinski definition) is 1. The van der Waals surface area contributed by atoms with Crippen LogP contribution in [0.1, 0.15) is 45.6 Å². The Morgan fingerprint density at radius 2 is 2.12 bits per heavy atom. The van der Waals surface area contributed by atoms with E-state index in [1.807, 2.05) is 12.3 Å². The van der Waals surface area contributed by atoms with E-state index in [-0.39, 0.29) is 5.91 Å². The molecule has 132 valence electrons. The standard InChI is InChI=1S/C17H21N5O2S/c1-11-8-14(21-17(19-11)22-4-6-24-7-5-22)15(23)18-9-13-10-25-16(20-13)12-2-3-12/h8,10,12H,2-7,9H2,1H3,(H,18,23). The molecule has 3 heterocycles. The second-order valence-corrected chi connectivity index (χ2v) is 7.32. The zero-order chi connectivity index (χ0) is 17.2. The van der Waals surface area contributed by atoms with Gasteiger partial charge in [0.15, 0.2) is 0 Å². The zero-order valence-corrected chi connectivity index (χ0v) is 15.0. The summed E-state index contributed by atoms with van der Waals surface area (Å²) in [6.07, 6.45) is 2.48. The van der Waals surface area contributed by atoms with Crippen LogP contribution in [-0.4, -0.2) is 47.2 Å². The van der Waals surface area contributed by atoms with Crippen molar-refractivity contribution in [1.82, 2.24) is 20.3 Å². The molecule has 0 aromatic carbocycles. The molecule has 0 spiro atoms. The molecule has 1 saturated heterocycles. The summed E-state index contributed by atoms with van der Waals surface area (Å²) in [5.41, 5.74) is 2.09. The maximum atomic E-state index is 12.5. The molecule has 0 unspecified atom stereocenters. The van der Waals surface area contributed by atoms with Gasteiger partial charge in [-0.3, -0.25) is 4.79 Å². The average Bonchev–Trinajstić information content (AvgIpc) is 3.38. The molecule has 1 N–H and O–H groups in total. The highest BCUT2D eigenvalue weighted by Crippen LogP contribution is 2.41. The summed E-state index contributed by atoms with van der Waals surface area (Å²) in [6.45, 7) is 5.11. The van der Waals surface area contributed by atoms with Crippen molar-refractivity contribution in [3.8, 4) is 0 Å². The molecule has 1 aliphatic heterocycles. The number of nitrogens with one attached hydrogen (secondary N) is 1. The number of carbonyl (C=O) groups is 1. The van der Waals surface area contributed by atoms with E-state index in [2.05, 4.69) is 25.2 Å². The highest BCUT2D eigenvalue weighted by Gasteiger charge is 2.26. The van der Waals surface area contributed by atoms with E-state index in [4.69, 9.17) is 4.74 Å². The number of rotatable bonds is 5. The van der Waals surface area contributed by atoms with Crippen molar-refractivity contribution in [2.24, 2.45) is 0 Å². The second-order valence-electron chi connectivity index (χ2n) is 6.43. The smallest absolute Gasteiger partial charge is 0.270 e. The Balaban J connectivity index is 1.42. The molecule has 2 aliphatic rings. The van der Waals surface area contributed by atoms with Crippen LogP contribution in [0.5, 0.6) is 0 Å². The van der Waals surface area contributed by atoms with Crippen LogP contribution in [0.3, 0.4) is 0 Å². The lowest BCUT2D eigenvalue weighted by molar-refractivity contribution is 0.0945. The van der Waals surface area contributed by atoms with Crippen LogP contribution in [0.4, 0.5) is 5.95 Å². The number of nitrogens with zero attached hydrogens (tertiary/aromatic N) is 4. The van der Waals surface area contributed by atoms with Gasteiger partial charge in [0.1, 0.15) is 5.69 Å². The third-order valence-electron chi connectivity index (χ3n) is 4.30. The molecular formula is C17H21N5O2S. The fraction of sp³-hybridized carbons (Fsp3) is 0.529. The predicted octanol–water partition coefficient (Wildman–Crippen LogP) is 1.89. The zero-order valence-electron chi connectivity index (χ0n) is 14.2. The Morgan fingerprint density at radius 1 is 1.32 bits per heavy atom. The van der Waals surface area contributed by atoms with Crippen molar-refractivity contribution in [1.29, 1.82) is 0 Å². The van der Waals surface area contributed by atoms with Crippen LogP contribution in [0.15, 0.2) is 11.4 Å². The first-order chi connectivity index (χ1) is 12.2. The van der Waals surface area contributed by atoms with E-state index in [1.54, 1.807) is 17.4 Å². The lowest BCUT2D eigenvalue weighted by atomic mass is 10.3. The lowest BCUT2D eigenvalue weighted by Gasteiger charge is -2.27. The van der Waals surface area contributed by atoms with Gasteiger partial charge in [-0.15, -0.1) is 11.3 Å². The molecule has 1 saturated carbocycles. The van der Waals surface area contributed by atoms with Gasteiger partial charge in [-0.2, -0.15) is 0 Å². The molecule has 2 aromatic rings. The van der Waals surface area contributed by atoms with Crippen LogP contribution in [0.2, 0.25) is 0 Å². The van der Waals surface area contributed by atoms with E-state index in [9.17, 15) is 4.79 Å². The number of aromatic nitrogens is 3. The Hall–Kier alpha value is -2.06. The summed E-state index contributed by atoms with van der Waals surface area (Å²) in [5.74, 6) is 1.05. The molecular weight excluding hydrogens is 338 g/mol. The van der Waals surface area contributed by atoms with Crippen molar-refractivity contribution in [3.05, 3.63) is 33.5 Å². The van der Waals surface area contributed by atoms with Gasteiger partial charge in [0.05, 0.1) is 30.5 Å². The third-order valence-corrected chi connectivity index (χ3v) is 5.35. The average molecular weight is 359 g/mol. The van der Waals surface area contributed by atoms with Crippen LogP contribution < -0.4 is 10.2 Å². The van der Waals surface area contributed by atoms with Crippen LogP contribution in [0.25, 0.3) is 0 Å². The molecule has 7 nitrogen and oxygen atoms in total. The minimum Gasteiger partial charge on any atom is -0.378 e. The minimum absolute atomic E-state index is 0.194. The number of aryl methyl sites for hydroxylation is 1. The summed E-state index contributed by atoms with van der Waals surface area (Å²) >= 11 is 1.68. The Bertz CT molecular complexity index is 768. The number of thiazole rings is 1. The monoisotopic (exact) mass is 359 g/mol. The summed E-state index contributed by atoms with van der Waals surface area (Å²) in [7, 11) is 0. The SMILES string of the molecule is Cc1cc(C(=O)NCc2csc(C3CC3)n2)nc(N2CCOCC2)n1. The second kappa shape index (κ2) is 7.05. The van der Waals surface area contributed by atoms with E-state index >= 15 is 0 Å². The van der Waals surface area contributed by atoms with Gasteiger partial charge < -0.3 is 15.0 Å². The number of morpholine rings is 1. The van der Waals surface area contributed by atoms with Crippen molar-refractivity contribution in [2.45, 2.75) is 32.2 Å². The first-order valence-corrected chi connectivity index (χ1v) is 9.48. The highest BCUT2D eigenvalue weighted by molar-refractivity contribution is 7.09. The molecule has 2 aromatic heterocycles. The van der Waals surface area contributed by atoms with Crippen LogP contribution in [-0.2, 0) is 11.3 Å². The van der Waals surface area contributed by atoms with Crippen molar-refractivity contribution >= 4 is 23.2 Å². The third kappa shape index (κ3) is 3.96. The summed E-state index contributed by atoms with van der Waals surface area (Å²) in [6, 6.07) is 1.72. The fourth-order valence-electron chi connectivity index (χ4n) is 2.76. The molecule has 0 bridgehead atoms. The maximum absolute atomic E-state index is 12.5. The van der Waals surface area contributed by atoms with Crippen LogP contribution in [0, 0.1) is 6.92 Å². The van der Waals surface area contributed by atoms with Crippen molar-refractivity contribution in [3.63, 3.8) is 0 Å². The molecule has 0 radical (unpaired) electrons. The number of amides is 1. The molecule has 2 fully saturated rings. The van der Waals surface area contributed by atoms with E-state index in [0.29, 0.717) is 37.3 Å². The van der Waals surface area contributed by atoms with Gasteiger partial charge in [0, 0.05) is 30.1 Å². The van der Waals surface area contributed by atoms with Gasteiger partial charge in [-0.25, -0.2) is 15.0 Å². The number of anilines is 1. The van der Waals surface area contributed by atoms with Gasteiger partial charge in [0.2, 0.25) is 5.95 Å². The largest absolute Gasteiger partial charge is 0.378 e. The molecule has 1 aliphatic carbocycles. The van der Waals surface area contributed by atoms with Gasteiger partial charge in [0.25, 0.3) is 5.91 Å². The first kappa shape index (κ1) is 16.4. The Labute approximate surface area is 150 Å². The molecule has 25 heavy (non-hydrogen) atoms. The van der Waals surface area contributed by atoms with Gasteiger partial charge in [-0.1, -0.05) is 0 Å². The molecule has 4 rings (SSSR count). The van der Waals surface area contributed by atoms with Gasteiger partial charge in [-0.05, 0) is 25.8 Å². The Kier molecular flexibility index (Phi) is 4.63. The van der Waals surface area contributed by atoms with Crippen molar-refractivity contribution in [2.75, 3.05) is 31.2 Å². The quantitative estimate of drug-likeness (QED) is 0.878. The first-order valence-electron chi connectivity index (χ1n) is 8.60. The van der Waals surface area contributed by atoms with Gasteiger partial charge >= 0.3 is 0 Å². The summed E-state index contributed by atoms with van der Waals surface area (Å²) in [5, 5.41) is 6.13. The van der Waals surface area contributed by atoms with E-state index in [0.717, 1.165) is 24.5 Å². The number of carbonyl (C=O) groups excluding carboxylic acids is 1. The summed E-state index contributed by atoms with van der Waals surface area (Å²) in [4.78, 5) is 28.0. The maximum Gasteiger partial charge on any atom is 0.270 e. The summed E-state index contributed by atoms with van der Waals surface area (Å²) < 4.78 is 5.36. The topological polar surface area (TPSA) is 80.2 Å². The normalized spacial score (nSPS) is 17.6. The molecule has 1 amide bonds. The molecule has 8 heteroatoms. The van der Waals surface area contributed by atoms with E-state index in [1.165, 1.54) is 17.8 Å². The van der Waals surface area contributed by atoms with E-state index < -0.39 is 0 Å². The van der Waals surface area contributed by atoms with Crippen LogP contribution >= 0.6 is 11.3 Å². The Morgan fingerprint density at radius 3 is 2.88 bits per heavy atom. The molecule has 0 atom stereocenters. The predicted molar refractivity (Wildman–Crippen MR) is 95.1 cm³/mol. The van der Waals surface area contributed by atoms with Crippen molar-refractivity contribution < 1.29 is 9.53 Å². The lowest BCUT2D eigenvalue weighted by Crippen LogP contribution is -2.38. The highest BCUT2D eigenvalue weighted by atomic mass is 32.1. The minimum atomic E-state index is -0.194. The number of hydrogen-bond acceptors (Lipinski definition) is 7. The number of ether oxygens (including phenoxy) is 1.